The lowest BCUT2D eigenvalue weighted by molar-refractivity contribution is 0.283. The molecule has 0 fully saturated rings. The summed E-state index contributed by atoms with van der Waals surface area (Å²) in [5.74, 6) is 0.382. The Hall–Kier alpha value is -1.39. The lowest BCUT2D eigenvalue weighted by atomic mass is 10.0. The molecule has 0 saturated heterocycles. The summed E-state index contributed by atoms with van der Waals surface area (Å²) < 4.78 is 0. The molecule has 0 aliphatic rings. The molecule has 1 aromatic carbocycles. The minimum absolute atomic E-state index is 0.0694. The molecule has 1 atom stereocenters. The first kappa shape index (κ1) is 16.0. The van der Waals surface area contributed by atoms with Gasteiger partial charge in [0.25, 0.3) is 0 Å². The topological polar surface area (TPSA) is 36.4 Å². The van der Waals surface area contributed by atoms with Crippen molar-refractivity contribution >= 4 is 22.2 Å². The summed E-state index contributed by atoms with van der Waals surface area (Å²) >= 11 is 1.58. The molecule has 0 radical (unpaired) electrons. The van der Waals surface area contributed by atoms with E-state index in [1.54, 1.807) is 11.3 Å². The van der Waals surface area contributed by atoms with Crippen LogP contribution in [0.2, 0.25) is 0 Å². The third-order valence-corrected chi connectivity index (χ3v) is 5.09. The lowest BCUT2D eigenvalue weighted by Gasteiger charge is -2.16. The van der Waals surface area contributed by atoms with Gasteiger partial charge in [-0.15, -0.1) is 0 Å². The zero-order chi connectivity index (χ0) is 15.4. The number of rotatable bonds is 6. The van der Waals surface area contributed by atoms with E-state index in [4.69, 9.17) is 4.98 Å². The van der Waals surface area contributed by atoms with Gasteiger partial charge in [-0.25, -0.2) is 4.98 Å². The van der Waals surface area contributed by atoms with Crippen molar-refractivity contribution in [2.75, 3.05) is 11.9 Å². The molecule has 0 bridgehead atoms. The number of benzene rings is 1. The smallest absolute Gasteiger partial charge is 0.190 e. The molecule has 1 aromatic heterocycles. The van der Waals surface area contributed by atoms with Crippen molar-refractivity contribution in [2.24, 2.45) is 0 Å². The normalized spacial score (nSPS) is 12.4. The molecule has 1 unspecified atom stereocenters. The van der Waals surface area contributed by atoms with Crippen molar-refractivity contribution < 1.29 is 5.11 Å². The second-order valence-corrected chi connectivity index (χ2v) is 6.41. The van der Waals surface area contributed by atoms with Crippen LogP contribution in [0.1, 0.15) is 49.2 Å². The summed E-state index contributed by atoms with van der Waals surface area (Å²) in [6, 6.07) is 8.56. The van der Waals surface area contributed by atoms with Gasteiger partial charge in [-0.2, -0.15) is 0 Å². The molecule has 21 heavy (non-hydrogen) atoms. The molecular formula is C17H24N2OS. The highest BCUT2D eigenvalue weighted by atomic mass is 32.1. The fourth-order valence-corrected chi connectivity index (χ4v) is 3.27. The maximum Gasteiger partial charge on any atom is 0.190 e. The summed E-state index contributed by atoms with van der Waals surface area (Å²) in [4.78, 5) is 7.83. The number of hydrogen-bond acceptors (Lipinski definition) is 4. The first-order valence-corrected chi connectivity index (χ1v) is 8.35. The molecule has 3 nitrogen and oxygen atoms in total. The van der Waals surface area contributed by atoms with Gasteiger partial charge < -0.3 is 10.0 Å². The molecule has 0 amide bonds. The molecule has 4 heteroatoms. The molecule has 114 valence electrons. The summed E-state index contributed by atoms with van der Waals surface area (Å²) in [5.41, 5.74) is 3.50. The SMILES string of the molecule is CCc1ccc(N(C)c2nc(C(C)CC)c(CO)s2)cc1. The van der Waals surface area contributed by atoms with E-state index >= 15 is 0 Å². The van der Waals surface area contributed by atoms with Gasteiger partial charge in [0.2, 0.25) is 0 Å². The molecule has 0 aliphatic carbocycles. The van der Waals surface area contributed by atoms with E-state index in [1.807, 2.05) is 7.05 Å². The Morgan fingerprint density at radius 1 is 1.24 bits per heavy atom. The lowest BCUT2D eigenvalue weighted by Crippen LogP contribution is -2.09. The Bertz CT molecular complexity index is 577. The Balaban J connectivity index is 2.29. The zero-order valence-electron chi connectivity index (χ0n) is 13.3. The second-order valence-electron chi connectivity index (χ2n) is 5.35. The van der Waals surface area contributed by atoms with Crippen molar-refractivity contribution in [3.63, 3.8) is 0 Å². The second kappa shape index (κ2) is 7.05. The van der Waals surface area contributed by atoms with Gasteiger partial charge in [-0.3, -0.25) is 0 Å². The molecule has 1 N–H and O–H groups in total. The fraction of sp³-hybridized carbons (Fsp3) is 0.471. The number of aromatic nitrogens is 1. The quantitative estimate of drug-likeness (QED) is 0.855. The van der Waals surface area contributed by atoms with Gasteiger partial charge >= 0.3 is 0 Å². The van der Waals surface area contributed by atoms with Gasteiger partial charge in [-0.05, 0) is 36.5 Å². The van der Waals surface area contributed by atoms with Crippen molar-refractivity contribution in [3.8, 4) is 0 Å². The average molecular weight is 304 g/mol. The standard InChI is InChI=1S/C17H24N2OS/c1-5-12(3)16-15(11-20)21-17(18-16)19(4)14-9-7-13(6-2)8-10-14/h7-10,12,20H,5-6,11H2,1-4H3. The number of thiazole rings is 1. The number of nitrogens with zero attached hydrogens (tertiary/aromatic N) is 2. The van der Waals surface area contributed by atoms with Crippen LogP contribution in [-0.2, 0) is 13.0 Å². The van der Waals surface area contributed by atoms with Crippen LogP contribution in [0.15, 0.2) is 24.3 Å². The maximum absolute atomic E-state index is 9.55. The van der Waals surface area contributed by atoms with Crippen LogP contribution >= 0.6 is 11.3 Å². The van der Waals surface area contributed by atoms with Crippen LogP contribution in [0.5, 0.6) is 0 Å². The van der Waals surface area contributed by atoms with Crippen LogP contribution in [0.25, 0.3) is 0 Å². The monoisotopic (exact) mass is 304 g/mol. The van der Waals surface area contributed by atoms with Gasteiger partial charge in [0.05, 0.1) is 17.2 Å². The van der Waals surface area contributed by atoms with E-state index < -0.39 is 0 Å². The van der Waals surface area contributed by atoms with Gasteiger partial charge in [0.1, 0.15) is 0 Å². The molecule has 2 aromatic rings. The van der Waals surface area contributed by atoms with Gasteiger partial charge in [0.15, 0.2) is 5.13 Å². The Kier molecular flexibility index (Phi) is 5.37. The minimum atomic E-state index is 0.0694. The molecule has 0 saturated carbocycles. The summed E-state index contributed by atoms with van der Waals surface area (Å²) in [7, 11) is 2.03. The van der Waals surface area contributed by atoms with Crippen molar-refractivity contribution in [2.45, 2.75) is 46.1 Å². The van der Waals surface area contributed by atoms with Crippen LogP contribution in [-0.4, -0.2) is 17.1 Å². The number of hydrogen-bond donors (Lipinski definition) is 1. The van der Waals surface area contributed by atoms with Crippen molar-refractivity contribution in [1.29, 1.82) is 0 Å². The highest BCUT2D eigenvalue weighted by Gasteiger charge is 2.18. The van der Waals surface area contributed by atoms with E-state index in [9.17, 15) is 5.11 Å². The van der Waals surface area contributed by atoms with E-state index in [0.717, 1.165) is 34.2 Å². The predicted molar refractivity (Wildman–Crippen MR) is 90.6 cm³/mol. The van der Waals surface area contributed by atoms with Gasteiger partial charge in [0, 0.05) is 12.7 Å². The molecule has 1 heterocycles. The number of anilines is 2. The molecule has 0 spiro atoms. The highest BCUT2D eigenvalue weighted by molar-refractivity contribution is 7.15. The predicted octanol–water partition coefficient (Wildman–Crippen LogP) is 4.48. The molecule has 0 aliphatic heterocycles. The highest BCUT2D eigenvalue weighted by Crippen LogP contribution is 2.34. The summed E-state index contributed by atoms with van der Waals surface area (Å²) in [6.07, 6.45) is 2.08. The molecular weight excluding hydrogens is 280 g/mol. The third-order valence-electron chi connectivity index (χ3n) is 3.96. The maximum atomic E-state index is 9.55. The summed E-state index contributed by atoms with van der Waals surface area (Å²) in [6.45, 7) is 6.54. The average Bonchev–Trinajstić information content (AvgIpc) is 2.97. The fourth-order valence-electron chi connectivity index (χ4n) is 2.25. The third kappa shape index (κ3) is 3.44. The van der Waals surface area contributed by atoms with E-state index in [0.29, 0.717) is 5.92 Å². The number of aliphatic hydroxyl groups excluding tert-OH is 1. The van der Waals surface area contributed by atoms with Crippen LogP contribution in [0.4, 0.5) is 10.8 Å². The number of aryl methyl sites for hydroxylation is 1. The Labute approximate surface area is 131 Å². The summed E-state index contributed by atoms with van der Waals surface area (Å²) in [5, 5.41) is 10.5. The Morgan fingerprint density at radius 2 is 1.90 bits per heavy atom. The van der Waals surface area contributed by atoms with Crippen LogP contribution < -0.4 is 4.90 Å². The first-order valence-electron chi connectivity index (χ1n) is 7.53. The van der Waals surface area contributed by atoms with Crippen molar-refractivity contribution in [3.05, 3.63) is 40.4 Å². The van der Waals surface area contributed by atoms with Crippen LogP contribution in [0, 0.1) is 0 Å². The van der Waals surface area contributed by atoms with E-state index in [1.165, 1.54) is 5.56 Å². The largest absolute Gasteiger partial charge is 0.391 e. The van der Waals surface area contributed by atoms with Crippen LogP contribution in [0.3, 0.4) is 0 Å². The van der Waals surface area contributed by atoms with Gasteiger partial charge in [-0.1, -0.05) is 44.2 Å². The Morgan fingerprint density at radius 3 is 2.43 bits per heavy atom. The van der Waals surface area contributed by atoms with E-state index in [-0.39, 0.29) is 6.61 Å². The molecule has 2 rings (SSSR count). The van der Waals surface area contributed by atoms with Crippen molar-refractivity contribution in [1.82, 2.24) is 4.98 Å². The number of aliphatic hydroxyl groups is 1. The first-order chi connectivity index (χ1) is 10.1. The van der Waals surface area contributed by atoms with E-state index in [2.05, 4.69) is 49.9 Å². The zero-order valence-corrected chi connectivity index (χ0v) is 14.1. The minimum Gasteiger partial charge on any atom is -0.391 e.